The third kappa shape index (κ3) is 3.50. The Morgan fingerprint density at radius 1 is 1.50 bits per heavy atom. The molecule has 0 aliphatic rings. The lowest BCUT2D eigenvalue weighted by molar-refractivity contribution is -0.141. The van der Waals surface area contributed by atoms with Gasteiger partial charge in [-0.15, -0.1) is 0 Å². The Bertz CT molecular complexity index is 385. The molecule has 0 aliphatic heterocycles. The minimum atomic E-state index is -0.888. The third-order valence-electron chi connectivity index (χ3n) is 2.43. The van der Waals surface area contributed by atoms with Crippen molar-refractivity contribution >= 4 is 5.97 Å². The molecule has 0 fully saturated rings. The number of carbonyl (C=O) groups is 1. The maximum Gasteiger partial charge on any atom is 0.307 e. The highest BCUT2D eigenvalue weighted by Gasteiger charge is 2.17. The van der Waals surface area contributed by atoms with Gasteiger partial charge in [0.25, 0.3) is 0 Å². The fourth-order valence-corrected chi connectivity index (χ4v) is 1.50. The summed E-state index contributed by atoms with van der Waals surface area (Å²) >= 11 is 0. The zero-order valence-electron chi connectivity index (χ0n) is 9.19. The first-order valence-corrected chi connectivity index (χ1v) is 5.22. The van der Waals surface area contributed by atoms with Gasteiger partial charge < -0.3 is 5.11 Å². The van der Waals surface area contributed by atoms with E-state index in [2.05, 4.69) is 0 Å². The molecule has 0 heterocycles. The SMILES string of the molecule is CC=CCC(Cc1ccccc1F)C(=O)O. The van der Waals surface area contributed by atoms with Crippen LogP contribution >= 0.6 is 0 Å². The third-order valence-corrected chi connectivity index (χ3v) is 2.43. The van der Waals surface area contributed by atoms with Crippen molar-refractivity contribution < 1.29 is 14.3 Å². The smallest absolute Gasteiger partial charge is 0.307 e. The highest BCUT2D eigenvalue weighted by molar-refractivity contribution is 5.70. The molecule has 1 atom stereocenters. The average molecular weight is 222 g/mol. The quantitative estimate of drug-likeness (QED) is 0.777. The molecule has 2 nitrogen and oxygen atoms in total. The van der Waals surface area contributed by atoms with E-state index in [0.717, 1.165) is 0 Å². The molecule has 0 saturated carbocycles. The molecule has 86 valence electrons. The van der Waals surface area contributed by atoms with Crippen molar-refractivity contribution in [2.24, 2.45) is 5.92 Å². The van der Waals surface area contributed by atoms with Crippen molar-refractivity contribution in [3.05, 3.63) is 47.8 Å². The van der Waals surface area contributed by atoms with E-state index in [1.54, 1.807) is 30.4 Å². The summed E-state index contributed by atoms with van der Waals surface area (Å²) in [6.45, 7) is 1.84. The minimum Gasteiger partial charge on any atom is -0.481 e. The van der Waals surface area contributed by atoms with Crippen LogP contribution in [0.5, 0.6) is 0 Å². The molecule has 1 unspecified atom stereocenters. The topological polar surface area (TPSA) is 37.3 Å². The molecule has 16 heavy (non-hydrogen) atoms. The normalized spacial score (nSPS) is 12.9. The highest BCUT2D eigenvalue weighted by atomic mass is 19.1. The van der Waals surface area contributed by atoms with Crippen molar-refractivity contribution in [3.8, 4) is 0 Å². The van der Waals surface area contributed by atoms with Crippen molar-refractivity contribution in [1.82, 2.24) is 0 Å². The van der Waals surface area contributed by atoms with Crippen molar-refractivity contribution in [3.63, 3.8) is 0 Å². The van der Waals surface area contributed by atoms with Gasteiger partial charge in [0.05, 0.1) is 5.92 Å². The molecule has 0 spiro atoms. The van der Waals surface area contributed by atoms with Gasteiger partial charge in [-0.1, -0.05) is 30.4 Å². The maximum absolute atomic E-state index is 13.3. The number of carboxylic acids is 1. The van der Waals surface area contributed by atoms with Gasteiger partial charge in [-0.05, 0) is 31.4 Å². The number of hydrogen-bond acceptors (Lipinski definition) is 1. The van der Waals surface area contributed by atoms with Gasteiger partial charge in [-0.2, -0.15) is 0 Å². The summed E-state index contributed by atoms with van der Waals surface area (Å²) in [7, 11) is 0. The fraction of sp³-hybridized carbons (Fsp3) is 0.308. The van der Waals surface area contributed by atoms with Crippen molar-refractivity contribution in [1.29, 1.82) is 0 Å². The second-order valence-electron chi connectivity index (χ2n) is 3.64. The summed E-state index contributed by atoms with van der Waals surface area (Å²) in [5.74, 6) is -1.79. The van der Waals surface area contributed by atoms with E-state index in [1.165, 1.54) is 6.07 Å². The van der Waals surface area contributed by atoms with E-state index in [9.17, 15) is 9.18 Å². The number of benzene rings is 1. The summed E-state index contributed by atoms with van der Waals surface area (Å²) in [5, 5.41) is 9.00. The molecule has 1 aromatic carbocycles. The lowest BCUT2D eigenvalue weighted by Crippen LogP contribution is -2.16. The van der Waals surface area contributed by atoms with Crippen LogP contribution in [0.2, 0.25) is 0 Å². The zero-order valence-corrected chi connectivity index (χ0v) is 9.19. The van der Waals surface area contributed by atoms with Crippen LogP contribution in [0.15, 0.2) is 36.4 Å². The van der Waals surface area contributed by atoms with E-state index < -0.39 is 11.9 Å². The molecule has 0 saturated heterocycles. The van der Waals surface area contributed by atoms with Crippen molar-refractivity contribution in [2.75, 3.05) is 0 Å². The molecular weight excluding hydrogens is 207 g/mol. The molecular formula is C13H15FO2. The first kappa shape index (κ1) is 12.4. The number of hydrogen-bond donors (Lipinski definition) is 1. The molecule has 1 rings (SSSR count). The van der Waals surface area contributed by atoms with Crippen LogP contribution in [0, 0.1) is 11.7 Å². The second-order valence-corrected chi connectivity index (χ2v) is 3.64. The Morgan fingerprint density at radius 3 is 2.75 bits per heavy atom. The largest absolute Gasteiger partial charge is 0.481 e. The summed E-state index contributed by atoms with van der Waals surface area (Å²) in [5.41, 5.74) is 0.458. The van der Waals surface area contributed by atoms with Crippen LogP contribution < -0.4 is 0 Å². The Balaban J connectivity index is 2.75. The van der Waals surface area contributed by atoms with E-state index in [-0.39, 0.29) is 12.2 Å². The van der Waals surface area contributed by atoms with Gasteiger partial charge >= 0.3 is 5.97 Å². The first-order valence-electron chi connectivity index (χ1n) is 5.22. The molecule has 1 aromatic rings. The Labute approximate surface area is 94.4 Å². The number of rotatable bonds is 5. The van der Waals surface area contributed by atoms with Crippen LogP contribution in [0.3, 0.4) is 0 Å². The van der Waals surface area contributed by atoms with Gasteiger partial charge in [0.15, 0.2) is 0 Å². The Morgan fingerprint density at radius 2 is 2.19 bits per heavy atom. The molecule has 1 N–H and O–H groups in total. The number of carboxylic acid groups (broad SMARTS) is 1. The minimum absolute atomic E-state index is 0.229. The zero-order chi connectivity index (χ0) is 12.0. The summed E-state index contributed by atoms with van der Waals surface area (Å²) in [6.07, 6.45) is 4.25. The Hall–Kier alpha value is -1.64. The lowest BCUT2D eigenvalue weighted by Gasteiger charge is -2.10. The second kappa shape index (κ2) is 6.05. The average Bonchev–Trinajstić information content (AvgIpc) is 2.26. The van der Waals surface area contributed by atoms with E-state index in [1.807, 2.05) is 6.92 Å². The summed E-state index contributed by atoms with van der Waals surface area (Å²) in [4.78, 5) is 11.0. The molecule has 0 aromatic heterocycles. The molecule has 0 aliphatic carbocycles. The van der Waals surface area contributed by atoms with E-state index in [0.29, 0.717) is 12.0 Å². The van der Waals surface area contributed by atoms with Crippen molar-refractivity contribution in [2.45, 2.75) is 19.8 Å². The van der Waals surface area contributed by atoms with Crippen LogP contribution in [0.25, 0.3) is 0 Å². The van der Waals surface area contributed by atoms with Gasteiger partial charge in [-0.25, -0.2) is 4.39 Å². The standard InChI is InChI=1S/C13H15FO2/c1-2-3-6-11(13(15)16)9-10-7-4-5-8-12(10)14/h2-5,7-8,11H,6,9H2,1H3,(H,15,16). The highest BCUT2D eigenvalue weighted by Crippen LogP contribution is 2.16. The number of allylic oxidation sites excluding steroid dienone is 2. The molecule has 0 bridgehead atoms. The van der Waals surface area contributed by atoms with Crippen LogP contribution in [-0.2, 0) is 11.2 Å². The number of halogens is 1. The van der Waals surface area contributed by atoms with Gasteiger partial charge in [0, 0.05) is 0 Å². The van der Waals surface area contributed by atoms with Crippen LogP contribution in [-0.4, -0.2) is 11.1 Å². The molecule has 0 amide bonds. The first-order chi connectivity index (χ1) is 7.65. The fourth-order valence-electron chi connectivity index (χ4n) is 1.50. The molecule has 0 radical (unpaired) electrons. The van der Waals surface area contributed by atoms with Crippen LogP contribution in [0.4, 0.5) is 4.39 Å². The monoisotopic (exact) mass is 222 g/mol. The lowest BCUT2D eigenvalue weighted by atomic mass is 9.96. The van der Waals surface area contributed by atoms with E-state index in [4.69, 9.17) is 5.11 Å². The maximum atomic E-state index is 13.3. The number of aliphatic carboxylic acids is 1. The predicted octanol–water partition coefficient (Wildman–Crippen LogP) is 3.04. The van der Waals surface area contributed by atoms with Gasteiger partial charge in [0.1, 0.15) is 5.82 Å². The summed E-state index contributed by atoms with van der Waals surface area (Å²) in [6, 6.07) is 6.29. The predicted molar refractivity (Wildman–Crippen MR) is 60.7 cm³/mol. The summed E-state index contributed by atoms with van der Waals surface area (Å²) < 4.78 is 13.3. The van der Waals surface area contributed by atoms with Gasteiger partial charge in [-0.3, -0.25) is 4.79 Å². The molecule has 3 heteroatoms. The van der Waals surface area contributed by atoms with E-state index >= 15 is 0 Å². The van der Waals surface area contributed by atoms with Crippen LogP contribution in [0.1, 0.15) is 18.9 Å². The Kier molecular flexibility index (Phi) is 4.70. The van der Waals surface area contributed by atoms with Gasteiger partial charge in [0.2, 0.25) is 0 Å².